The van der Waals surface area contributed by atoms with Gasteiger partial charge in [0.05, 0.1) is 12.8 Å². The van der Waals surface area contributed by atoms with Crippen molar-refractivity contribution in [3.05, 3.63) is 48.8 Å². The van der Waals surface area contributed by atoms with Gasteiger partial charge in [-0.3, -0.25) is 9.20 Å². The van der Waals surface area contributed by atoms with Gasteiger partial charge in [0, 0.05) is 30.4 Å². The Balaban J connectivity index is 0.00000109. The summed E-state index contributed by atoms with van der Waals surface area (Å²) in [4.78, 5) is 15.9. The number of benzene rings is 1. The Kier molecular flexibility index (Phi) is 6.57. The molecule has 132 valence electrons. The molecule has 0 amide bonds. The van der Waals surface area contributed by atoms with Crippen LogP contribution in [0.4, 0.5) is 0 Å². The van der Waals surface area contributed by atoms with Crippen molar-refractivity contribution in [3.63, 3.8) is 0 Å². The Morgan fingerprint density at radius 2 is 2.00 bits per heavy atom. The predicted molar refractivity (Wildman–Crippen MR) is 99.3 cm³/mol. The van der Waals surface area contributed by atoms with Crippen LogP contribution in [0.15, 0.2) is 48.8 Å². The average molecular weight is 340 g/mol. The van der Waals surface area contributed by atoms with E-state index in [1.54, 1.807) is 19.4 Å². The SMILES string of the molecule is CC.CCC(=O)COc1cc(OC)ccc1-c1cccc2nccn12. The quantitative estimate of drug-likeness (QED) is 0.667. The molecule has 2 heterocycles. The number of nitrogens with zero attached hydrogens (tertiary/aromatic N) is 2. The molecule has 5 heteroatoms. The molecule has 0 bridgehead atoms. The molecule has 0 atom stereocenters. The number of hydrogen-bond acceptors (Lipinski definition) is 4. The van der Waals surface area contributed by atoms with Crippen molar-refractivity contribution in [2.75, 3.05) is 13.7 Å². The van der Waals surface area contributed by atoms with E-state index >= 15 is 0 Å². The molecule has 0 aliphatic heterocycles. The fraction of sp³-hybridized carbons (Fsp3) is 0.300. The number of carbonyl (C=O) groups is 1. The molecule has 25 heavy (non-hydrogen) atoms. The van der Waals surface area contributed by atoms with Gasteiger partial charge < -0.3 is 9.47 Å². The van der Waals surface area contributed by atoms with Crippen LogP contribution >= 0.6 is 0 Å². The maximum Gasteiger partial charge on any atom is 0.169 e. The highest BCUT2D eigenvalue weighted by atomic mass is 16.5. The molecule has 3 rings (SSSR count). The fourth-order valence-electron chi connectivity index (χ4n) is 2.39. The van der Waals surface area contributed by atoms with Gasteiger partial charge in [-0.05, 0) is 24.3 Å². The minimum atomic E-state index is 0.0522. The van der Waals surface area contributed by atoms with Gasteiger partial charge in [0.2, 0.25) is 0 Å². The molecule has 0 fully saturated rings. The van der Waals surface area contributed by atoms with Gasteiger partial charge in [0.15, 0.2) is 5.78 Å². The lowest BCUT2D eigenvalue weighted by molar-refractivity contribution is -0.120. The molecule has 0 saturated heterocycles. The molecule has 0 saturated carbocycles. The first-order chi connectivity index (χ1) is 12.2. The first-order valence-electron chi connectivity index (χ1n) is 8.48. The molecule has 0 unspecified atom stereocenters. The van der Waals surface area contributed by atoms with E-state index in [0.29, 0.717) is 17.9 Å². The third kappa shape index (κ3) is 4.18. The number of ketones is 1. The minimum absolute atomic E-state index is 0.0522. The maximum absolute atomic E-state index is 11.6. The van der Waals surface area contributed by atoms with Gasteiger partial charge in [-0.15, -0.1) is 0 Å². The van der Waals surface area contributed by atoms with Crippen LogP contribution in [0.1, 0.15) is 27.2 Å². The molecule has 0 spiro atoms. The lowest BCUT2D eigenvalue weighted by atomic mass is 10.1. The topological polar surface area (TPSA) is 52.8 Å². The Bertz CT molecular complexity index is 840. The first kappa shape index (κ1) is 18.5. The van der Waals surface area contributed by atoms with E-state index in [1.165, 1.54) is 0 Å². The fourth-order valence-corrected chi connectivity index (χ4v) is 2.39. The number of carbonyl (C=O) groups excluding carboxylic acids is 1. The number of methoxy groups -OCH3 is 1. The summed E-state index contributed by atoms with van der Waals surface area (Å²) >= 11 is 0. The van der Waals surface area contributed by atoms with Crippen molar-refractivity contribution in [1.29, 1.82) is 0 Å². The largest absolute Gasteiger partial charge is 0.497 e. The van der Waals surface area contributed by atoms with Gasteiger partial charge in [-0.1, -0.05) is 26.8 Å². The van der Waals surface area contributed by atoms with Crippen molar-refractivity contribution in [3.8, 4) is 22.8 Å². The molecular weight excluding hydrogens is 316 g/mol. The van der Waals surface area contributed by atoms with Crippen LogP contribution in [0.2, 0.25) is 0 Å². The van der Waals surface area contributed by atoms with Crippen LogP contribution < -0.4 is 9.47 Å². The zero-order valence-corrected chi connectivity index (χ0v) is 15.2. The van der Waals surface area contributed by atoms with Crippen molar-refractivity contribution >= 4 is 11.4 Å². The average Bonchev–Trinajstić information content (AvgIpc) is 3.16. The molecule has 3 aromatic rings. The number of pyridine rings is 1. The van der Waals surface area contributed by atoms with Crippen molar-refractivity contribution in [2.45, 2.75) is 27.2 Å². The number of hydrogen-bond donors (Lipinski definition) is 0. The van der Waals surface area contributed by atoms with Crippen LogP contribution in [-0.2, 0) is 4.79 Å². The van der Waals surface area contributed by atoms with Gasteiger partial charge in [0.25, 0.3) is 0 Å². The third-order valence-electron chi connectivity index (χ3n) is 3.68. The summed E-state index contributed by atoms with van der Waals surface area (Å²) in [5, 5.41) is 0. The van der Waals surface area contributed by atoms with E-state index in [4.69, 9.17) is 9.47 Å². The second-order valence-electron chi connectivity index (χ2n) is 5.11. The van der Waals surface area contributed by atoms with Gasteiger partial charge in [0.1, 0.15) is 23.8 Å². The Labute approximate surface area is 148 Å². The zero-order chi connectivity index (χ0) is 18.2. The van der Waals surface area contributed by atoms with E-state index in [1.807, 2.05) is 61.7 Å². The highest BCUT2D eigenvalue weighted by molar-refractivity contribution is 5.80. The monoisotopic (exact) mass is 340 g/mol. The number of aromatic nitrogens is 2. The number of imidazole rings is 1. The molecule has 0 aliphatic rings. The standard InChI is InChI=1S/C18H18N2O3.C2H6/c1-3-13(21)12-23-17-11-14(22-2)7-8-15(17)16-5-4-6-18-19-9-10-20(16)18;1-2/h4-11H,3,12H2,1-2H3;1-2H3. The van der Waals surface area contributed by atoms with Crippen LogP contribution in [-0.4, -0.2) is 28.9 Å². The second kappa shape index (κ2) is 8.87. The van der Waals surface area contributed by atoms with Gasteiger partial charge >= 0.3 is 0 Å². The summed E-state index contributed by atoms with van der Waals surface area (Å²) in [5.41, 5.74) is 2.69. The summed E-state index contributed by atoms with van der Waals surface area (Å²) < 4.78 is 13.0. The van der Waals surface area contributed by atoms with Crippen LogP contribution in [0.5, 0.6) is 11.5 Å². The normalized spacial score (nSPS) is 10.1. The summed E-state index contributed by atoms with van der Waals surface area (Å²) in [6.45, 7) is 5.88. The Morgan fingerprint density at radius 1 is 1.20 bits per heavy atom. The molecule has 1 aromatic carbocycles. The molecule has 0 N–H and O–H groups in total. The van der Waals surface area contributed by atoms with E-state index in [2.05, 4.69) is 4.98 Å². The van der Waals surface area contributed by atoms with E-state index in [0.717, 1.165) is 16.9 Å². The highest BCUT2D eigenvalue weighted by Gasteiger charge is 2.12. The Hall–Kier alpha value is -2.82. The highest BCUT2D eigenvalue weighted by Crippen LogP contribution is 2.33. The number of rotatable bonds is 6. The zero-order valence-electron chi connectivity index (χ0n) is 15.2. The molecule has 2 aromatic heterocycles. The number of fused-ring (bicyclic) bond motifs is 1. The summed E-state index contributed by atoms with van der Waals surface area (Å²) in [6, 6.07) is 11.5. The van der Waals surface area contributed by atoms with Crippen LogP contribution in [0, 0.1) is 0 Å². The smallest absolute Gasteiger partial charge is 0.169 e. The summed E-state index contributed by atoms with van der Waals surface area (Å²) in [5.74, 6) is 1.36. The Morgan fingerprint density at radius 3 is 2.72 bits per heavy atom. The predicted octanol–water partition coefficient (Wildman–Crippen LogP) is 4.39. The number of ether oxygens (including phenoxy) is 2. The molecule has 5 nitrogen and oxygen atoms in total. The number of Topliss-reactive ketones (excluding diaryl/α,β-unsaturated/α-hetero) is 1. The lowest BCUT2D eigenvalue weighted by Crippen LogP contribution is -2.10. The molecule has 0 aliphatic carbocycles. The lowest BCUT2D eigenvalue weighted by Gasteiger charge is -2.14. The maximum atomic E-state index is 11.6. The van der Waals surface area contributed by atoms with Crippen molar-refractivity contribution in [1.82, 2.24) is 9.38 Å². The first-order valence-corrected chi connectivity index (χ1v) is 8.48. The van der Waals surface area contributed by atoms with Gasteiger partial charge in [-0.2, -0.15) is 0 Å². The molecular formula is C20H24N2O3. The van der Waals surface area contributed by atoms with E-state index in [9.17, 15) is 4.79 Å². The minimum Gasteiger partial charge on any atom is -0.497 e. The second-order valence-corrected chi connectivity index (χ2v) is 5.11. The van der Waals surface area contributed by atoms with Crippen molar-refractivity contribution in [2.24, 2.45) is 0 Å². The van der Waals surface area contributed by atoms with E-state index < -0.39 is 0 Å². The van der Waals surface area contributed by atoms with Gasteiger partial charge in [-0.25, -0.2) is 4.98 Å². The third-order valence-corrected chi connectivity index (χ3v) is 3.68. The van der Waals surface area contributed by atoms with Crippen molar-refractivity contribution < 1.29 is 14.3 Å². The summed E-state index contributed by atoms with van der Waals surface area (Å²) in [7, 11) is 1.60. The molecule has 0 radical (unpaired) electrons. The van der Waals surface area contributed by atoms with Crippen LogP contribution in [0.25, 0.3) is 16.9 Å². The van der Waals surface area contributed by atoms with E-state index in [-0.39, 0.29) is 12.4 Å². The van der Waals surface area contributed by atoms with Crippen LogP contribution in [0.3, 0.4) is 0 Å². The summed E-state index contributed by atoms with van der Waals surface area (Å²) in [6.07, 6.45) is 4.11.